The Bertz CT molecular complexity index is 302. The molecule has 0 amide bonds. The molecular weight excluding hydrogens is 198 g/mol. The average molecular weight is 214 g/mol. The van der Waals surface area contributed by atoms with Crippen molar-refractivity contribution in [1.29, 1.82) is 0 Å². The van der Waals surface area contributed by atoms with Gasteiger partial charge >= 0.3 is 0 Å². The summed E-state index contributed by atoms with van der Waals surface area (Å²) in [7, 11) is 1.95. The van der Waals surface area contributed by atoms with E-state index in [2.05, 4.69) is 5.10 Å². The number of hydrogen-bond donors (Lipinski definition) is 1. The fraction of sp³-hybridized carbons (Fsp3) is 0.700. The number of halogens is 1. The van der Waals surface area contributed by atoms with Crippen molar-refractivity contribution < 1.29 is 0 Å². The van der Waals surface area contributed by atoms with E-state index in [1.165, 1.54) is 25.0 Å². The largest absolute Gasteiger partial charge is 0.330 e. The molecule has 3 nitrogen and oxygen atoms in total. The highest BCUT2D eigenvalue weighted by Gasteiger charge is 2.31. The van der Waals surface area contributed by atoms with Crippen molar-refractivity contribution in [2.75, 3.05) is 6.54 Å². The number of hydrogen-bond acceptors (Lipinski definition) is 2. The molecule has 1 aliphatic rings. The summed E-state index contributed by atoms with van der Waals surface area (Å²) in [6.07, 6.45) is 5.40. The van der Waals surface area contributed by atoms with Crippen LogP contribution in [0.4, 0.5) is 0 Å². The second-order valence-electron chi connectivity index (χ2n) is 4.03. The summed E-state index contributed by atoms with van der Waals surface area (Å²) >= 11 is 6.12. The lowest BCUT2D eigenvalue weighted by Gasteiger charge is -2.18. The first-order valence-electron chi connectivity index (χ1n) is 5.11. The van der Waals surface area contributed by atoms with Crippen molar-refractivity contribution in [1.82, 2.24) is 9.78 Å². The maximum Gasteiger partial charge on any atom is 0.0820 e. The first-order chi connectivity index (χ1) is 6.74. The maximum absolute atomic E-state index is 6.12. The molecular formula is C10H16ClN3. The van der Waals surface area contributed by atoms with Crippen LogP contribution in [0.3, 0.4) is 0 Å². The van der Waals surface area contributed by atoms with Gasteiger partial charge in [0.1, 0.15) is 0 Å². The van der Waals surface area contributed by atoms with Crippen LogP contribution in [0, 0.1) is 5.92 Å². The molecule has 1 aliphatic carbocycles. The summed E-state index contributed by atoms with van der Waals surface area (Å²) in [6.45, 7) is 0.756. The summed E-state index contributed by atoms with van der Waals surface area (Å²) < 4.78 is 1.89. The fourth-order valence-corrected chi connectivity index (χ4v) is 2.82. The second kappa shape index (κ2) is 3.91. The smallest absolute Gasteiger partial charge is 0.0820 e. The zero-order valence-electron chi connectivity index (χ0n) is 8.41. The van der Waals surface area contributed by atoms with E-state index in [0.29, 0.717) is 11.8 Å². The predicted molar refractivity (Wildman–Crippen MR) is 57.4 cm³/mol. The molecule has 2 atom stereocenters. The molecule has 1 saturated carbocycles. The van der Waals surface area contributed by atoms with Crippen molar-refractivity contribution >= 4 is 11.6 Å². The SMILES string of the molecule is Cn1ncc(Cl)c1C1CCCC1CN. The molecule has 2 N–H and O–H groups in total. The van der Waals surface area contributed by atoms with E-state index in [1.807, 2.05) is 11.7 Å². The quantitative estimate of drug-likeness (QED) is 0.816. The zero-order chi connectivity index (χ0) is 10.1. The molecule has 2 unspecified atom stereocenters. The van der Waals surface area contributed by atoms with Gasteiger partial charge in [0.2, 0.25) is 0 Å². The topological polar surface area (TPSA) is 43.8 Å². The molecule has 0 radical (unpaired) electrons. The minimum absolute atomic E-state index is 0.514. The third kappa shape index (κ3) is 1.55. The summed E-state index contributed by atoms with van der Waals surface area (Å²) in [5.41, 5.74) is 6.92. The second-order valence-corrected chi connectivity index (χ2v) is 4.44. The molecule has 0 bridgehead atoms. The van der Waals surface area contributed by atoms with Crippen LogP contribution in [0.1, 0.15) is 30.9 Å². The van der Waals surface area contributed by atoms with Crippen LogP contribution < -0.4 is 5.73 Å². The molecule has 1 aromatic rings. The first-order valence-corrected chi connectivity index (χ1v) is 5.49. The third-order valence-corrected chi connectivity index (χ3v) is 3.54. The van der Waals surface area contributed by atoms with E-state index in [1.54, 1.807) is 6.20 Å². The highest BCUT2D eigenvalue weighted by Crippen LogP contribution is 2.41. The van der Waals surface area contributed by atoms with Crippen molar-refractivity contribution in [2.45, 2.75) is 25.2 Å². The molecule has 1 heterocycles. The fourth-order valence-electron chi connectivity index (χ4n) is 2.52. The molecule has 14 heavy (non-hydrogen) atoms. The monoisotopic (exact) mass is 213 g/mol. The zero-order valence-corrected chi connectivity index (χ0v) is 9.17. The van der Waals surface area contributed by atoms with Crippen LogP contribution in [0.5, 0.6) is 0 Å². The van der Waals surface area contributed by atoms with Crippen molar-refractivity contribution in [3.8, 4) is 0 Å². The molecule has 2 rings (SSSR count). The van der Waals surface area contributed by atoms with Crippen molar-refractivity contribution in [3.05, 3.63) is 16.9 Å². The Kier molecular flexibility index (Phi) is 2.79. The lowest BCUT2D eigenvalue weighted by Crippen LogP contribution is -2.19. The third-order valence-electron chi connectivity index (χ3n) is 3.25. The molecule has 0 aromatic carbocycles. The van der Waals surface area contributed by atoms with E-state index >= 15 is 0 Å². The van der Waals surface area contributed by atoms with Gasteiger partial charge in [-0.1, -0.05) is 18.0 Å². The first kappa shape index (κ1) is 9.99. The van der Waals surface area contributed by atoms with Crippen LogP contribution in [-0.2, 0) is 7.05 Å². The Morgan fingerprint density at radius 3 is 3.00 bits per heavy atom. The summed E-state index contributed by atoms with van der Waals surface area (Å²) in [5, 5.41) is 4.96. The average Bonchev–Trinajstić information content (AvgIpc) is 2.73. The number of nitrogens with zero attached hydrogens (tertiary/aromatic N) is 2. The van der Waals surface area contributed by atoms with Crippen LogP contribution in [0.15, 0.2) is 6.20 Å². The molecule has 0 saturated heterocycles. The van der Waals surface area contributed by atoms with Gasteiger partial charge in [0.15, 0.2) is 0 Å². The van der Waals surface area contributed by atoms with Gasteiger partial charge in [0, 0.05) is 13.0 Å². The number of aromatic nitrogens is 2. The number of aryl methyl sites for hydroxylation is 1. The van der Waals surface area contributed by atoms with Gasteiger partial charge in [-0.05, 0) is 25.3 Å². The highest BCUT2D eigenvalue weighted by atomic mass is 35.5. The molecule has 0 spiro atoms. The van der Waals surface area contributed by atoms with Crippen LogP contribution in [-0.4, -0.2) is 16.3 Å². The molecule has 0 aliphatic heterocycles. The number of nitrogens with two attached hydrogens (primary N) is 1. The van der Waals surface area contributed by atoms with E-state index in [0.717, 1.165) is 11.6 Å². The predicted octanol–water partition coefficient (Wildman–Crippen LogP) is 1.92. The van der Waals surface area contributed by atoms with Gasteiger partial charge in [0.05, 0.1) is 16.9 Å². The standard InChI is InChI=1S/C10H16ClN3/c1-14-10(9(11)6-13-14)8-4-2-3-7(8)5-12/h6-8H,2-5,12H2,1H3. The van der Waals surface area contributed by atoms with Gasteiger partial charge in [-0.3, -0.25) is 4.68 Å². The maximum atomic E-state index is 6.12. The minimum Gasteiger partial charge on any atom is -0.330 e. The van der Waals surface area contributed by atoms with Crippen molar-refractivity contribution in [2.24, 2.45) is 18.7 Å². The molecule has 1 aromatic heterocycles. The highest BCUT2D eigenvalue weighted by molar-refractivity contribution is 6.31. The van der Waals surface area contributed by atoms with E-state index in [4.69, 9.17) is 17.3 Å². The van der Waals surface area contributed by atoms with Gasteiger partial charge in [-0.25, -0.2) is 0 Å². The molecule has 4 heteroatoms. The summed E-state index contributed by atoms with van der Waals surface area (Å²) in [5.74, 6) is 1.10. The van der Waals surface area contributed by atoms with E-state index in [-0.39, 0.29) is 0 Å². The van der Waals surface area contributed by atoms with Gasteiger partial charge in [-0.15, -0.1) is 0 Å². The molecule has 1 fully saturated rings. The van der Waals surface area contributed by atoms with Crippen LogP contribution in [0.25, 0.3) is 0 Å². The summed E-state index contributed by atoms with van der Waals surface area (Å²) in [6, 6.07) is 0. The van der Waals surface area contributed by atoms with Crippen LogP contribution >= 0.6 is 11.6 Å². The summed E-state index contributed by atoms with van der Waals surface area (Å²) in [4.78, 5) is 0. The van der Waals surface area contributed by atoms with Gasteiger partial charge in [0.25, 0.3) is 0 Å². The van der Waals surface area contributed by atoms with Crippen LogP contribution in [0.2, 0.25) is 5.02 Å². The van der Waals surface area contributed by atoms with Crippen molar-refractivity contribution in [3.63, 3.8) is 0 Å². The lowest BCUT2D eigenvalue weighted by atomic mass is 9.93. The number of rotatable bonds is 2. The Morgan fingerprint density at radius 2 is 2.43 bits per heavy atom. The minimum atomic E-state index is 0.514. The van der Waals surface area contributed by atoms with E-state index in [9.17, 15) is 0 Å². The Balaban J connectivity index is 2.29. The Hall–Kier alpha value is -0.540. The van der Waals surface area contributed by atoms with Gasteiger partial charge < -0.3 is 5.73 Å². The normalized spacial score (nSPS) is 27.1. The molecule has 78 valence electrons. The van der Waals surface area contributed by atoms with E-state index < -0.39 is 0 Å². The lowest BCUT2D eigenvalue weighted by molar-refractivity contribution is 0.470. The Labute approximate surface area is 89.2 Å². The Morgan fingerprint density at radius 1 is 1.64 bits per heavy atom. The van der Waals surface area contributed by atoms with Gasteiger partial charge in [-0.2, -0.15) is 5.10 Å².